The van der Waals surface area contributed by atoms with Crippen molar-refractivity contribution in [3.63, 3.8) is 0 Å². The van der Waals surface area contributed by atoms with Crippen molar-refractivity contribution in [2.45, 2.75) is 25.7 Å². The van der Waals surface area contributed by atoms with Crippen LogP contribution in [0, 0.1) is 0 Å². The highest BCUT2D eigenvalue weighted by Crippen LogP contribution is 2.12. The first kappa shape index (κ1) is 11.1. The van der Waals surface area contributed by atoms with E-state index in [0.29, 0.717) is 31.7 Å². The summed E-state index contributed by atoms with van der Waals surface area (Å²) in [6, 6.07) is 0. The Bertz CT molecular complexity index is 334. The number of hydrazone groups is 1. The third-order valence-corrected chi connectivity index (χ3v) is 2.68. The molecule has 88 valence electrons. The minimum absolute atomic E-state index is 0.0592. The minimum atomic E-state index is -0.209. The van der Waals surface area contributed by atoms with Gasteiger partial charge in [0.1, 0.15) is 5.71 Å². The summed E-state index contributed by atoms with van der Waals surface area (Å²) < 4.78 is 0. The van der Waals surface area contributed by atoms with Crippen LogP contribution in [-0.4, -0.2) is 47.8 Å². The number of carbonyl (C=O) groups is 2. The Morgan fingerprint density at radius 1 is 1.38 bits per heavy atom. The summed E-state index contributed by atoms with van der Waals surface area (Å²) in [4.78, 5) is 28.4. The van der Waals surface area contributed by atoms with Crippen molar-refractivity contribution >= 4 is 17.5 Å². The summed E-state index contributed by atoms with van der Waals surface area (Å²) in [5, 5.41) is 6.54. The van der Waals surface area contributed by atoms with Gasteiger partial charge in [-0.15, -0.1) is 0 Å². The highest BCUT2D eigenvalue weighted by atomic mass is 16.7. The Morgan fingerprint density at radius 2 is 2.19 bits per heavy atom. The Hall–Kier alpha value is -1.43. The van der Waals surface area contributed by atoms with E-state index in [1.54, 1.807) is 7.05 Å². The molecule has 16 heavy (non-hydrogen) atoms. The second kappa shape index (κ2) is 4.61. The first-order chi connectivity index (χ1) is 7.68. The molecule has 0 aliphatic carbocycles. The summed E-state index contributed by atoms with van der Waals surface area (Å²) in [5.74, 6) is -0.268. The summed E-state index contributed by atoms with van der Waals surface area (Å²) in [5.41, 5.74) is 0.406. The van der Waals surface area contributed by atoms with Gasteiger partial charge in [0, 0.05) is 26.4 Å². The van der Waals surface area contributed by atoms with Gasteiger partial charge in [-0.25, -0.2) is 10.1 Å². The SMILES string of the molecule is CN1N=C(C(=O)N2CCCCO2)CCC1=O. The van der Waals surface area contributed by atoms with Crippen LogP contribution in [0.4, 0.5) is 0 Å². The minimum Gasteiger partial charge on any atom is -0.273 e. The molecule has 0 spiro atoms. The molecule has 0 radical (unpaired) electrons. The molecule has 6 heteroatoms. The van der Waals surface area contributed by atoms with Gasteiger partial charge in [-0.2, -0.15) is 5.10 Å². The standard InChI is InChI=1S/C10H15N3O3/c1-12-9(14)5-4-8(11-12)10(15)13-6-2-3-7-16-13/h2-7H2,1H3. The molecule has 0 bridgehead atoms. The Balaban J connectivity index is 2.04. The molecule has 0 aromatic carbocycles. The molecule has 1 saturated heterocycles. The van der Waals surface area contributed by atoms with E-state index in [1.165, 1.54) is 10.1 Å². The fourth-order valence-corrected chi connectivity index (χ4v) is 1.72. The van der Waals surface area contributed by atoms with E-state index < -0.39 is 0 Å². The van der Waals surface area contributed by atoms with Crippen LogP contribution in [0.2, 0.25) is 0 Å². The topological polar surface area (TPSA) is 62.2 Å². The number of nitrogens with zero attached hydrogens (tertiary/aromatic N) is 3. The lowest BCUT2D eigenvalue weighted by Crippen LogP contribution is -2.42. The molecule has 0 unspecified atom stereocenters. The number of carbonyl (C=O) groups excluding carboxylic acids is 2. The van der Waals surface area contributed by atoms with Crippen LogP contribution in [0.25, 0.3) is 0 Å². The van der Waals surface area contributed by atoms with Gasteiger partial charge in [0.05, 0.1) is 6.61 Å². The molecule has 2 rings (SSSR count). The van der Waals surface area contributed by atoms with Gasteiger partial charge in [0.2, 0.25) is 5.91 Å². The number of rotatable bonds is 1. The van der Waals surface area contributed by atoms with Crippen molar-refractivity contribution in [2.24, 2.45) is 5.10 Å². The largest absolute Gasteiger partial charge is 0.293 e. The van der Waals surface area contributed by atoms with Gasteiger partial charge in [0.15, 0.2) is 0 Å². The zero-order chi connectivity index (χ0) is 11.5. The van der Waals surface area contributed by atoms with E-state index >= 15 is 0 Å². The predicted octanol–water partition coefficient (Wildman–Crippen LogP) is 0.149. The van der Waals surface area contributed by atoms with Crippen molar-refractivity contribution in [3.05, 3.63) is 0 Å². The molecule has 0 atom stereocenters. The van der Waals surface area contributed by atoms with Crippen LogP contribution in [0.15, 0.2) is 5.10 Å². The van der Waals surface area contributed by atoms with Crippen LogP contribution >= 0.6 is 0 Å². The number of amides is 2. The van der Waals surface area contributed by atoms with E-state index in [-0.39, 0.29) is 11.8 Å². The molecular formula is C10H15N3O3. The van der Waals surface area contributed by atoms with Crippen molar-refractivity contribution in [3.8, 4) is 0 Å². The third-order valence-electron chi connectivity index (χ3n) is 2.68. The average Bonchev–Trinajstić information content (AvgIpc) is 2.33. The number of hydrogen-bond acceptors (Lipinski definition) is 4. The first-order valence-electron chi connectivity index (χ1n) is 5.47. The number of hydroxylamine groups is 2. The second-order valence-corrected chi connectivity index (χ2v) is 3.91. The van der Waals surface area contributed by atoms with Gasteiger partial charge in [-0.3, -0.25) is 14.4 Å². The van der Waals surface area contributed by atoms with Crippen LogP contribution in [0.3, 0.4) is 0 Å². The first-order valence-corrected chi connectivity index (χ1v) is 5.47. The lowest BCUT2D eigenvalue weighted by molar-refractivity contribution is -0.189. The molecule has 2 aliphatic heterocycles. The molecule has 1 fully saturated rings. The van der Waals surface area contributed by atoms with Gasteiger partial charge in [-0.1, -0.05) is 0 Å². The van der Waals surface area contributed by atoms with Gasteiger partial charge < -0.3 is 0 Å². The molecule has 6 nitrogen and oxygen atoms in total. The van der Waals surface area contributed by atoms with Crippen molar-refractivity contribution in [1.82, 2.24) is 10.1 Å². The molecule has 0 aromatic rings. The quantitative estimate of drug-likeness (QED) is 0.638. The predicted molar refractivity (Wildman–Crippen MR) is 56.3 cm³/mol. The van der Waals surface area contributed by atoms with Crippen molar-refractivity contribution < 1.29 is 14.4 Å². The maximum Gasteiger partial charge on any atom is 0.293 e. The van der Waals surface area contributed by atoms with E-state index in [9.17, 15) is 9.59 Å². The zero-order valence-electron chi connectivity index (χ0n) is 9.31. The molecule has 0 N–H and O–H groups in total. The maximum atomic E-state index is 11.9. The van der Waals surface area contributed by atoms with Crippen molar-refractivity contribution in [1.29, 1.82) is 0 Å². The molecule has 2 amide bonds. The smallest absolute Gasteiger partial charge is 0.273 e. The maximum absolute atomic E-state index is 11.9. The van der Waals surface area contributed by atoms with Gasteiger partial charge in [0.25, 0.3) is 5.91 Å². The molecule has 2 heterocycles. The highest BCUT2D eigenvalue weighted by Gasteiger charge is 2.27. The van der Waals surface area contributed by atoms with Crippen molar-refractivity contribution in [2.75, 3.05) is 20.2 Å². The highest BCUT2D eigenvalue weighted by molar-refractivity contribution is 6.39. The Morgan fingerprint density at radius 3 is 2.81 bits per heavy atom. The van der Waals surface area contributed by atoms with Crippen LogP contribution in [-0.2, 0) is 14.4 Å². The molecule has 2 aliphatic rings. The monoisotopic (exact) mass is 225 g/mol. The lowest BCUT2D eigenvalue weighted by atomic mass is 10.1. The van der Waals surface area contributed by atoms with Gasteiger partial charge >= 0.3 is 0 Å². The van der Waals surface area contributed by atoms with Gasteiger partial charge in [-0.05, 0) is 12.8 Å². The van der Waals surface area contributed by atoms with E-state index in [1.807, 2.05) is 0 Å². The Labute approximate surface area is 93.8 Å². The van der Waals surface area contributed by atoms with Crippen LogP contribution in [0.5, 0.6) is 0 Å². The Kier molecular flexibility index (Phi) is 3.19. The summed E-state index contributed by atoms with van der Waals surface area (Å²) >= 11 is 0. The fraction of sp³-hybridized carbons (Fsp3) is 0.700. The van der Waals surface area contributed by atoms with Crippen LogP contribution in [0.1, 0.15) is 25.7 Å². The fourth-order valence-electron chi connectivity index (χ4n) is 1.72. The average molecular weight is 225 g/mol. The van der Waals surface area contributed by atoms with E-state index in [4.69, 9.17) is 4.84 Å². The summed E-state index contributed by atoms with van der Waals surface area (Å²) in [6.07, 6.45) is 2.68. The van der Waals surface area contributed by atoms with E-state index in [0.717, 1.165) is 12.8 Å². The molecular weight excluding hydrogens is 210 g/mol. The summed E-state index contributed by atoms with van der Waals surface area (Å²) in [6.45, 7) is 1.18. The second-order valence-electron chi connectivity index (χ2n) is 3.91. The van der Waals surface area contributed by atoms with E-state index in [2.05, 4.69) is 5.10 Å². The summed E-state index contributed by atoms with van der Waals surface area (Å²) in [7, 11) is 1.56. The lowest BCUT2D eigenvalue weighted by Gasteiger charge is -2.27. The molecule has 0 saturated carbocycles. The third kappa shape index (κ3) is 2.21. The number of hydrogen-bond donors (Lipinski definition) is 0. The normalized spacial score (nSPS) is 22.1. The zero-order valence-corrected chi connectivity index (χ0v) is 9.31. The van der Waals surface area contributed by atoms with Crippen LogP contribution < -0.4 is 0 Å². The molecule has 0 aromatic heterocycles.